The zero-order valence-corrected chi connectivity index (χ0v) is 11.7. The molecule has 0 aliphatic rings. The summed E-state index contributed by atoms with van der Waals surface area (Å²) in [6.45, 7) is 0.123. The smallest absolute Gasteiger partial charge is 0.0682 e. The van der Waals surface area contributed by atoms with Crippen molar-refractivity contribution in [3.8, 4) is 0 Å². The third kappa shape index (κ3) is 1.86. The highest BCUT2D eigenvalue weighted by Gasteiger charge is 2.06. The summed E-state index contributed by atoms with van der Waals surface area (Å²) in [5.74, 6) is 0. The molecule has 2 rings (SSSR count). The van der Waals surface area contributed by atoms with Crippen LogP contribution in [0, 0.1) is 7.14 Å². The fourth-order valence-electron chi connectivity index (χ4n) is 1.21. The van der Waals surface area contributed by atoms with Crippen molar-refractivity contribution in [1.82, 2.24) is 0 Å². The van der Waals surface area contributed by atoms with E-state index in [9.17, 15) is 0 Å². The third-order valence-corrected chi connectivity index (χ3v) is 5.38. The van der Waals surface area contributed by atoms with E-state index in [4.69, 9.17) is 5.11 Å². The van der Waals surface area contributed by atoms with Crippen LogP contribution >= 0.6 is 56.5 Å². The lowest BCUT2D eigenvalue weighted by Crippen LogP contribution is -1.84. The van der Waals surface area contributed by atoms with Gasteiger partial charge in [0.1, 0.15) is 0 Å². The van der Waals surface area contributed by atoms with E-state index in [1.165, 1.54) is 17.2 Å². The first kappa shape index (κ1) is 10.1. The van der Waals surface area contributed by atoms with Crippen molar-refractivity contribution in [3.05, 3.63) is 30.2 Å². The average Bonchev–Trinajstić information content (AvgIpc) is 2.48. The zero-order valence-electron chi connectivity index (χ0n) is 6.55. The number of hydrogen-bond donors (Lipinski definition) is 1. The number of thiophene rings is 1. The van der Waals surface area contributed by atoms with Crippen LogP contribution in [0.3, 0.4) is 0 Å². The van der Waals surface area contributed by atoms with Gasteiger partial charge >= 0.3 is 0 Å². The Balaban J connectivity index is 2.80. The number of aliphatic hydroxyl groups is 1. The van der Waals surface area contributed by atoms with Gasteiger partial charge in [-0.25, -0.2) is 0 Å². The number of halogens is 2. The van der Waals surface area contributed by atoms with Crippen LogP contribution in [0.25, 0.3) is 10.1 Å². The molecule has 1 N–H and O–H groups in total. The molecule has 0 saturated carbocycles. The number of fused-ring (bicyclic) bond motifs is 1. The van der Waals surface area contributed by atoms with Gasteiger partial charge in [0.15, 0.2) is 0 Å². The topological polar surface area (TPSA) is 20.2 Å². The van der Waals surface area contributed by atoms with E-state index in [0.717, 1.165) is 5.56 Å². The van der Waals surface area contributed by atoms with Crippen molar-refractivity contribution in [3.63, 3.8) is 0 Å². The molecular weight excluding hydrogens is 410 g/mol. The molecular formula is C9H6I2OS. The molecule has 0 radical (unpaired) electrons. The summed E-state index contributed by atoms with van der Waals surface area (Å²) in [6, 6.07) is 4.10. The summed E-state index contributed by atoms with van der Waals surface area (Å²) in [5, 5.41) is 12.5. The van der Waals surface area contributed by atoms with Crippen LogP contribution < -0.4 is 0 Å². The number of hydrogen-bond acceptors (Lipinski definition) is 2. The Hall–Kier alpha value is 0.600. The molecule has 0 spiro atoms. The molecule has 0 unspecified atom stereocenters. The molecule has 1 aromatic heterocycles. The fourth-order valence-corrected chi connectivity index (χ4v) is 4.09. The Bertz CT molecular complexity index is 450. The van der Waals surface area contributed by atoms with Crippen molar-refractivity contribution in [1.29, 1.82) is 0 Å². The maximum Gasteiger partial charge on any atom is 0.0682 e. The Morgan fingerprint density at radius 3 is 2.69 bits per heavy atom. The van der Waals surface area contributed by atoms with Crippen LogP contribution in [0.15, 0.2) is 17.5 Å². The van der Waals surface area contributed by atoms with Crippen molar-refractivity contribution in [2.24, 2.45) is 0 Å². The Labute approximate surface area is 107 Å². The van der Waals surface area contributed by atoms with E-state index in [0.29, 0.717) is 0 Å². The molecule has 0 amide bonds. The largest absolute Gasteiger partial charge is 0.392 e. The van der Waals surface area contributed by atoms with Crippen molar-refractivity contribution < 1.29 is 5.11 Å². The first-order chi connectivity index (χ1) is 6.22. The van der Waals surface area contributed by atoms with E-state index in [2.05, 4.69) is 56.6 Å². The summed E-state index contributed by atoms with van der Waals surface area (Å²) in [6.07, 6.45) is 0. The van der Waals surface area contributed by atoms with Gasteiger partial charge in [0, 0.05) is 22.6 Å². The maximum absolute atomic E-state index is 9.05. The molecule has 0 aliphatic carbocycles. The van der Waals surface area contributed by atoms with Gasteiger partial charge < -0.3 is 5.11 Å². The highest BCUT2D eigenvalue weighted by Crippen LogP contribution is 2.32. The van der Waals surface area contributed by atoms with Crippen LogP contribution in [-0.4, -0.2) is 5.11 Å². The first-order valence-electron chi connectivity index (χ1n) is 3.68. The molecule has 13 heavy (non-hydrogen) atoms. The molecule has 1 aromatic carbocycles. The lowest BCUT2D eigenvalue weighted by molar-refractivity contribution is 0.282. The van der Waals surface area contributed by atoms with E-state index in [-0.39, 0.29) is 6.61 Å². The van der Waals surface area contributed by atoms with Gasteiger partial charge in [-0.15, -0.1) is 11.3 Å². The van der Waals surface area contributed by atoms with E-state index >= 15 is 0 Å². The molecule has 0 atom stereocenters. The second kappa shape index (κ2) is 4.00. The van der Waals surface area contributed by atoms with Crippen molar-refractivity contribution in [2.45, 2.75) is 6.61 Å². The molecule has 1 nitrogen and oxygen atoms in total. The average molecular weight is 416 g/mol. The zero-order chi connectivity index (χ0) is 9.42. The van der Waals surface area contributed by atoms with E-state index in [1.807, 2.05) is 6.07 Å². The third-order valence-electron chi connectivity index (χ3n) is 1.82. The van der Waals surface area contributed by atoms with Gasteiger partial charge in [-0.1, -0.05) is 0 Å². The monoisotopic (exact) mass is 416 g/mol. The lowest BCUT2D eigenvalue weighted by atomic mass is 10.2. The van der Waals surface area contributed by atoms with Crippen LogP contribution in [0.1, 0.15) is 5.56 Å². The SMILES string of the molecule is OCc1cc(I)c2scc(I)c2c1. The van der Waals surface area contributed by atoms with Crippen molar-refractivity contribution in [2.75, 3.05) is 0 Å². The summed E-state index contributed by atoms with van der Waals surface area (Å²) < 4.78 is 3.82. The number of aliphatic hydroxyl groups excluding tert-OH is 1. The summed E-state index contributed by atoms with van der Waals surface area (Å²) in [7, 11) is 0. The van der Waals surface area contributed by atoms with E-state index in [1.54, 1.807) is 11.3 Å². The molecule has 0 bridgehead atoms. The molecule has 0 aliphatic heterocycles. The quantitative estimate of drug-likeness (QED) is 0.705. The van der Waals surface area contributed by atoms with Crippen LogP contribution in [-0.2, 0) is 6.61 Å². The van der Waals surface area contributed by atoms with Crippen molar-refractivity contribution >= 4 is 66.6 Å². The van der Waals surface area contributed by atoms with Gasteiger partial charge in [-0.3, -0.25) is 0 Å². The highest BCUT2D eigenvalue weighted by atomic mass is 127. The highest BCUT2D eigenvalue weighted by molar-refractivity contribution is 14.1. The summed E-state index contributed by atoms with van der Waals surface area (Å²) >= 11 is 6.41. The normalized spacial score (nSPS) is 11.0. The Kier molecular flexibility index (Phi) is 3.11. The summed E-state index contributed by atoms with van der Waals surface area (Å²) in [4.78, 5) is 0. The van der Waals surface area contributed by atoms with Gasteiger partial charge in [0.2, 0.25) is 0 Å². The van der Waals surface area contributed by atoms with Crippen LogP contribution in [0.5, 0.6) is 0 Å². The van der Waals surface area contributed by atoms with Gasteiger partial charge in [-0.05, 0) is 62.9 Å². The van der Waals surface area contributed by atoms with Gasteiger partial charge in [0.25, 0.3) is 0 Å². The molecule has 0 fully saturated rings. The Morgan fingerprint density at radius 2 is 2.00 bits per heavy atom. The molecule has 4 heteroatoms. The van der Waals surface area contributed by atoms with E-state index < -0.39 is 0 Å². The molecule has 2 aromatic rings. The maximum atomic E-state index is 9.05. The summed E-state index contributed by atoms with van der Waals surface area (Å²) in [5.41, 5.74) is 0.994. The predicted octanol–water partition coefficient (Wildman–Crippen LogP) is 3.60. The molecule has 1 heterocycles. The molecule has 68 valence electrons. The Morgan fingerprint density at radius 1 is 1.23 bits per heavy atom. The minimum Gasteiger partial charge on any atom is -0.392 e. The van der Waals surface area contributed by atoms with Crippen LogP contribution in [0.2, 0.25) is 0 Å². The minimum atomic E-state index is 0.123. The number of benzene rings is 1. The second-order valence-electron chi connectivity index (χ2n) is 2.70. The van der Waals surface area contributed by atoms with Crippen LogP contribution in [0.4, 0.5) is 0 Å². The first-order valence-corrected chi connectivity index (χ1v) is 6.72. The standard InChI is InChI=1S/C9H6I2OS/c10-7-2-5(3-12)1-6-8(11)4-13-9(6)7/h1-2,4,12H,3H2. The molecule has 0 saturated heterocycles. The predicted molar refractivity (Wildman–Crippen MR) is 73.2 cm³/mol. The van der Waals surface area contributed by atoms with Gasteiger partial charge in [-0.2, -0.15) is 0 Å². The fraction of sp³-hybridized carbons (Fsp3) is 0.111. The lowest BCUT2D eigenvalue weighted by Gasteiger charge is -1.99. The second-order valence-corrected chi connectivity index (χ2v) is 5.90. The minimum absolute atomic E-state index is 0.123. The number of rotatable bonds is 1. The van der Waals surface area contributed by atoms with Gasteiger partial charge in [0.05, 0.1) is 6.61 Å².